The van der Waals surface area contributed by atoms with Gasteiger partial charge in [0.25, 0.3) is 0 Å². The first-order valence-electron chi connectivity index (χ1n) is 7.42. The van der Waals surface area contributed by atoms with Crippen LogP contribution in [0.5, 0.6) is 5.75 Å². The van der Waals surface area contributed by atoms with Crippen LogP contribution in [0, 0.1) is 0 Å². The van der Waals surface area contributed by atoms with Gasteiger partial charge >= 0.3 is 0 Å². The normalized spacial score (nSPS) is 16.1. The zero-order chi connectivity index (χ0) is 14.2. The summed E-state index contributed by atoms with van der Waals surface area (Å²) < 4.78 is 5.60. The highest BCUT2D eigenvalue weighted by molar-refractivity contribution is 5.76. The predicted octanol–water partition coefficient (Wildman–Crippen LogP) is 2.06. The molecule has 1 N–H and O–H groups in total. The van der Waals surface area contributed by atoms with E-state index in [2.05, 4.69) is 5.32 Å². The largest absolute Gasteiger partial charge is 0.494 e. The van der Waals surface area contributed by atoms with Crippen molar-refractivity contribution in [3.05, 3.63) is 30.3 Å². The van der Waals surface area contributed by atoms with Crippen LogP contribution in [-0.4, -0.2) is 43.6 Å². The summed E-state index contributed by atoms with van der Waals surface area (Å²) >= 11 is 0. The van der Waals surface area contributed by atoms with Gasteiger partial charge in [-0.05, 0) is 38.4 Å². The second-order valence-electron chi connectivity index (χ2n) is 5.21. The maximum absolute atomic E-state index is 12.1. The van der Waals surface area contributed by atoms with Gasteiger partial charge in [0.1, 0.15) is 5.75 Å². The van der Waals surface area contributed by atoms with E-state index in [4.69, 9.17) is 4.74 Å². The van der Waals surface area contributed by atoms with Gasteiger partial charge in [-0.3, -0.25) is 4.79 Å². The molecule has 1 aromatic carbocycles. The van der Waals surface area contributed by atoms with Gasteiger partial charge < -0.3 is 15.0 Å². The number of benzene rings is 1. The van der Waals surface area contributed by atoms with E-state index in [1.54, 1.807) is 0 Å². The Morgan fingerprint density at radius 2 is 2.00 bits per heavy atom. The predicted molar refractivity (Wildman–Crippen MR) is 79.8 cm³/mol. The number of nitrogens with zero attached hydrogens (tertiary/aromatic N) is 1. The lowest BCUT2D eigenvalue weighted by atomic mass is 10.0. The van der Waals surface area contributed by atoms with E-state index in [1.165, 1.54) is 0 Å². The van der Waals surface area contributed by atoms with Crippen LogP contribution in [0.4, 0.5) is 0 Å². The number of nitrogens with one attached hydrogen (secondary N) is 1. The molecule has 1 fully saturated rings. The molecule has 1 amide bonds. The molecular weight excluding hydrogens is 252 g/mol. The fourth-order valence-electron chi connectivity index (χ4n) is 2.51. The van der Waals surface area contributed by atoms with Crippen LogP contribution in [0.15, 0.2) is 30.3 Å². The van der Waals surface area contributed by atoms with Gasteiger partial charge in [0.2, 0.25) is 5.91 Å². The van der Waals surface area contributed by atoms with Crippen LogP contribution in [0.3, 0.4) is 0 Å². The van der Waals surface area contributed by atoms with Gasteiger partial charge in [-0.25, -0.2) is 0 Å². The van der Waals surface area contributed by atoms with E-state index in [9.17, 15) is 4.79 Å². The van der Waals surface area contributed by atoms with Crippen LogP contribution < -0.4 is 10.1 Å². The maximum Gasteiger partial charge on any atom is 0.222 e. The molecule has 2 rings (SSSR count). The third-order valence-corrected chi connectivity index (χ3v) is 3.80. The summed E-state index contributed by atoms with van der Waals surface area (Å²) in [5, 5.41) is 3.28. The van der Waals surface area contributed by atoms with E-state index in [0.717, 1.165) is 38.1 Å². The summed E-state index contributed by atoms with van der Waals surface area (Å²) in [7, 11) is 1.99. The summed E-state index contributed by atoms with van der Waals surface area (Å²) in [6.07, 6.45) is 3.47. The number of carbonyl (C=O) groups excluding carboxylic acids is 1. The maximum atomic E-state index is 12.1. The molecule has 0 unspecified atom stereocenters. The highest BCUT2D eigenvalue weighted by Crippen LogP contribution is 2.12. The minimum absolute atomic E-state index is 0.260. The highest BCUT2D eigenvalue weighted by atomic mass is 16.5. The third kappa shape index (κ3) is 4.53. The number of amides is 1. The molecule has 0 atom stereocenters. The fourth-order valence-corrected chi connectivity index (χ4v) is 2.51. The summed E-state index contributed by atoms with van der Waals surface area (Å²) in [6.45, 7) is 2.36. The van der Waals surface area contributed by atoms with E-state index < -0.39 is 0 Å². The Labute approximate surface area is 121 Å². The van der Waals surface area contributed by atoms with Crippen LogP contribution in [0.2, 0.25) is 0 Å². The molecule has 0 aliphatic carbocycles. The molecule has 4 heteroatoms. The first kappa shape index (κ1) is 14.9. The van der Waals surface area contributed by atoms with Gasteiger partial charge in [-0.15, -0.1) is 0 Å². The quantitative estimate of drug-likeness (QED) is 0.809. The lowest BCUT2D eigenvalue weighted by Gasteiger charge is -2.31. The minimum atomic E-state index is 0.260. The zero-order valence-electron chi connectivity index (χ0n) is 12.2. The molecule has 0 saturated carbocycles. The van der Waals surface area contributed by atoms with Crippen molar-refractivity contribution < 1.29 is 9.53 Å². The average molecular weight is 276 g/mol. The van der Waals surface area contributed by atoms with E-state index in [1.807, 2.05) is 42.3 Å². The average Bonchev–Trinajstić information content (AvgIpc) is 2.52. The molecule has 0 bridgehead atoms. The van der Waals surface area contributed by atoms with E-state index in [-0.39, 0.29) is 5.91 Å². The summed E-state index contributed by atoms with van der Waals surface area (Å²) in [5.74, 6) is 1.13. The third-order valence-electron chi connectivity index (χ3n) is 3.80. The second-order valence-corrected chi connectivity index (χ2v) is 5.21. The number of piperidine rings is 1. The van der Waals surface area contributed by atoms with Gasteiger partial charge in [-0.1, -0.05) is 18.2 Å². The Balaban J connectivity index is 1.61. The summed E-state index contributed by atoms with van der Waals surface area (Å²) in [6, 6.07) is 10.3. The van der Waals surface area contributed by atoms with Crippen molar-refractivity contribution in [2.24, 2.45) is 0 Å². The van der Waals surface area contributed by atoms with Gasteiger partial charge in [0.15, 0.2) is 0 Å². The van der Waals surface area contributed by atoms with Crippen LogP contribution in [-0.2, 0) is 4.79 Å². The second kappa shape index (κ2) is 7.90. The molecule has 1 aliphatic rings. The first-order valence-corrected chi connectivity index (χ1v) is 7.42. The van der Waals surface area contributed by atoms with Gasteiger partial charge in [0.05, 0.1) is 6.61 Å². The Kier molecular flexibility index (Phi) is 5.87. The van der Waals surface area contributed by atoms with Crippen molar-refractivity contribution in [1.29, 1.82) is 0 Å². The highest BCUT2D eigenvalue weighted by Gasteiger charge is 2.21. The SMILES string of the molecule is CNC1CCN(C(=O)CCCOc2ccccc2)CC1. The molecule has 1 aliphatic heterocycles. The van der Waals surface area contributed by atoms with E-state index in [0.29, 0.717) is 19.1 Å². The van der Waals surface area contributed by atoms with Crippen LogP contribution in [0.25, 0.3) is 0 Å². The molecule has 4 nitrogen and oxygen atoms in total. The Bertz CT molecular complexity index is 400. The number of ether oxygens (including phenoxy) is 1. The number of carbonyl (C=O) groups is 1. The number of hydrogen-bond acceptors (Lipinski definition) is 3. The number of hydrogen-bond donors (Lipinski definition) is 1. The van der Waals surface area contributed by atoms with Crippen molar-refractivity contribution >= 4 is 5.91 Å². The molecule has 1 aromatic rings. The molecule has 0 radical (unpaired) electrons. The van der Waals surface area contributed by atoms with Gasteiger partial charge in [-0.2, -0.15) is 0 Å². The lowest BCUT2D eigenvalue weighted by molar-refractivity contribution is -0.132. The van der Waals surface area contributed by atoms with Crippen LogP contribution >= 0.6 is 0 Å². The standard InChI is InChI=1S/C16H24N2O2/c1-17-14-9-11-18(12-10-14)16(19)8-5-13-20-15-6-3-2-4-7-15/h2-4,6-7,14,17H,5,8-13H2,1H3. The van der Waals surface area contributed by atoms with Gasteiger partial charge in [0, 0.05) is 25.6 Å². The molecule has 110 valence electrons. The molecule has 1 heterocycles. The first-order chi connectivity index (χ1) is 9.79. The Hall–Kier alpha value is -1.55. The molecule has 0 spiro atoms. The fraction of sp³-hybridized carbons (Fsp3) is 0.562. The van der Waals surface area contributed by atoms with Crippen molar-refractivity contribution in [1.82, 2.24) is 10.2 Å². The minimum Gasteiger partial charge on any atom is -0.494 e. The lowest BCUT2D eigenvalue weighted by Crippen LogP contribution is -2.43. The van der Waals surface area contributed by atoms with Crippen molar-refractivity contribution in [2.45, 2.75) is 31.7 Å². The molecule has 20 heavy (non-hydrogen) atoms. The number of likely N-dealkylation sites (tertiary alicyclic amines) is 1. The molecule has 1 saturated heterocycles. The van der Waals surface area contributed by atoms with Crippen molar-refractivity contribution in [3.8, 4) is 5.75 Å². The van der Waals surface area contributed by atoms with Crippen molar-refractivity contribution in [2.75, 3.05) is 26.7 Å². The Morgan fingerprint density at radius 1 is 1.30 bits per heavy atom. The summed E-state index contributed by atoms with van der Waals surface area (Å²) in [4.78, 5) is 14.0. The zero-order valence-corrected chi connectivity index (χ0v) is 12.2. The van der Waals surface area contributed by atoms with Crippen molar-refractivity contribution in [3.63, 3.8) is 0 Å². The topological polar surface area (TPSA) is 41.6 Å². The monoisotopic (exact) mass is 276 g/mol. The van der Waals surface area contributed by atoms with Crippen LogP contribution in [0.1, 0.15) is 25.7 Å². The molecule has 0 aromatic heterocycles. The Morgan fingerprint density at radius 3 is 2.65 bits per heavy atom. The van der Waals surface area contributed by atoms with E-state index >= 15 is 0 Å². The summed E-state index contributed by atoms with van der Waals surface area (Å²) in [5.41, 5.74) is 0. The number of rotatable bonds is 6. The smallest absolute Gasteiger partial charge is 0.222 e. The molecular formula is C16H24N2O2. The number of para-hydroxylation sites is 1.